The third-order valence-electron chi connectivity index (χ3n) is 2.87. The van der Waals surface area contributed by atoms with Gasteiger partial charge in [0.1, 0.15) is 5.78 Å². The number of hydrogen-bond donors (Lipinski definition) is 1. The smallest absolute Gasteiger partial charge is 0.136 e. The first-order valence-corrected chi connectivity index (χ1v) is 6.14. The van der Waals surface area contributed by atoms with Gasteiger partial charge in [-0.2, -0.15) is 0 Å². The highest BCUT2D eigenvalue weighted by atomic mass is 32.1. The van der Waals surface area contributed by atoms with E-state index in [2.05, 4.69) is 37.5 Å². The summed E-state index contributed by atoms with van der Waals surface area (Å²) in [5.41, 5.74) is -0.263. The lowest BCUT2D eigenvalue weighted by atomic mass is 9.80. The zero-order chi connectivity index (χ0) is 11.1. The van der Waals surface area contributed by atoms with E-state index in [1.165, 1.54) is 4.88 Å². The third kappa shape index (κ3) is 2.13. The summed E-state index contributed by atoms with van der Waals surface area (Å²) < 4.78 is 0. The number of ketones is 1. The van der Waals surface area contributed by atoms with Crippen molar-refractivity contribution in [3.05, 3.63) is 22.4 Å². The van der Waals surface area contributed by atoms with E-state index in [4.69, 9.17) is 0 Å². The van der Waals surface area contributed by atoms with Crippen LogP contribution < -0.4 is 5.32 Å². The van der Waals surface area contributed by atoms with Crippen LogP contribution in [0, 0.1) is 0 Å². The van der Waals surface area contributed by atoms with Gasteiger partial charge in [0.05, 0.1) is 5.54 Å². The molecule has 1 N–H and O–H groups in total. The average Bonchev–Trinajstić information content (AvgIpc) is 2.49. The van der Waals surface area contributed by atoms with Crippen LogP contribution in [0.2, 0.25) is 0 Å². The van der Waals surface area contributed by atoms with E-state index in [1.807, 2.05) is 6.07 Å². The van der Waals surface area contributed by atoms with Crippen LogP contribution in [0.4, 0.5) is 0 Å². The van der Waals surface area contributed by atoms with Crippen LogP contribution in [-0.4, -0.2) is 11.3 Å². The largest absolute Gasteiger partial charge is 0.301 e. The minimum atomic E-state index is -0.174. The minimum Gasteiger partial charge on any atom is -0.301 e. The highest BCUT2D eigenvalue weighted by molar-refractivity contribution is 7.10. The van der Waals surface area contributed by atoms with Crippen molar-refractivity contribution in [2.24, 2.45) is 0 Å². The molecule has 1 aromatic rings. The second-order valence-electron chi connectivity index (χ2n) is 5.21. The number of carbonyl (C=O) groups excluding carboxylic acids is 1. The summed E-state index contributed by atoms with van der Waals surface area (Å²) >= 11 is 1.72. The molecule has 0 bridgehead atoms. The second kappa shape index (κ2) is 3.42. The van der Waals surface area contributed by atoms with Crippen molar-refractivity contribution in [3.8, 4) is 0 Å². The van der Waals surface area contributed by atoms with Crippen LogP contribution in [0.5, 0.6) is 0 Å². The summed E-state index contributed by atoms with van der Waals surface area (Å²) in [7, 11) is 0. The van der Waals surface area contributed by atoms with Gasteiger partial charge in [0, 0.05) is 23.3 Å². The SMILES string of the molecule is CC1(C)CC(=O)CC(C)(c2cccs2)N1. The standard InChI is InChI=1S/C12H17NOS/c1-11(2)7-9(14)8-12(3,13-11)10-5-4-6-15-10/h4-6,13H,7-8H2,1-3H3. The van der Waals surface area contributed by atoms with Gasteiger partial charge in [0.2, 0.25) is 0 Å². The van der Waals surface area contributed by atoms with E-state index >= 15 is 0 Å². The number of piperidine rings is 1. The van der Waals surface area contributed by atoms with Gasteiger partial charge in [0.15, 0.2) is 0 Å². The van der Waals surface area contributed by atoms with E-state index in [0.29, 0.717) is 18.6 Å². The monoisotopic (exact) mass is 223 g/mol. The molecule has 0 spiro atoms. The molecule has 3 heteroatoms. The first-order chi connectivity index (χ1) is 6.91. The lowest BCUT2D eigenvalue weighted by Crippen LogP contribution is -2.57. The summed E-state index contributed by atoms with van der Waals surface area (Å²) in [5, 5.41) is 5.66. The number of rotatable bonds is 1. The number of hydrogen-bond acceptors (Lipinski definition) is 3. The lowest BCUT2D eigenvalue weighted by molar-refractivity contribution is -0.124. The summed E-state index contributed by atoms with van der Waals surface area (Å²) in [6.07, 6.45) is 1.24. The van der Waals surface area contributed by atoms with E-state index < -0.39 is 0 Å². The maximum Gasteiger partial charge on any atom is 0.136 e. The molecular weight excluding hydrogens is 206 g/mol. The Labute approximate surface area is 94.7 Å². The Balaban J connectivity index is 2.32. The molecule has 0 aliphatic carbocycles. The first-order valence-electron chi connectivity index (χ1n) is 5.26. The predicted molar refractivity (Wildman–Crippen MR) is 63.1 cm³/mol. The van der Waals surface area contributed by atoms with Crippen LogP contribution in [0.15, 0.2) is 17.5 Å². The summed E-state index contributed by atoms with van der Waals surface area (Å²) in [5.74, 6) is 0.356. The zero-order valence-corrected chi connectivity index (χ0v) is 10.3. The molecule has 0 amide bonds. The molecule has 1 aliphatic rings. The molecular formula is C12H17NOS. The molecule has 82 valence electrons. The molecule has 1 aromatic heterocycles. The maximum absolute atomic E-state index is 11.8. The van der Waals surface area contributed by atoms with Gasteiger partial charge in [-0.05, 0) is 32.2 Å². The van der Waals surface area contributed by atoms with Gasteiger partial charge >= 0.3 is 0 Å². The van der Waals surface area contributed by atoms with Crippen molar-refractivity contribution in [3.63, 3.8) is 0 Å². The second-order valence-corrected chi connectivity index (χ2v) is 6.16. The Hall–Kier alpha value is -0.670. The summed E-state index contributed by atoms with van der Waals surface area (Å²) in [4.78, 5) is 13.0. The topological polar surface area (TPSA) is 29.1 Å². The quantitative estimate of drug-likeness (QED) is 0.793. The van der Waals surface area contributed by atoms with Crippen molar-refractivity contribution < 1.29 is 4.79 Å². The van der Waals surface area contributed by atoms with Gasteiger partial charge in [-0.15, -0.1) is 11.3 Å². The fraction of sp³-hybridized carbons (Fsp3) is 0.583. The van der Waals surface area contributed by atoms with Crippen LogP contribution in [0.1, 0.15) is 38.5 Å². The molecule has 1 atom stereocenters. The molecule has 1 saturated heterocycles. The van der Waals surface area contributed by atoms with Crippen molar-refractivity contribution in [2.75, 3.05) is 0 Å². The molecule has 1 unspecified atom stereocenters. The number of nitrogens with one attached hydrogen (secondary N) is 1. The van der Waals surface area contributed by atoms with E-state index in [1.54, 1.807) is 11.3 Å². The maximum atomic E-state index is 11.8. The molecule has 2 nitrogen and oxygen atoms in total. The normalized spacial score (nSPS) is 30.5. The van der Waals surface area contributed by atoms with Crippen LogP contribution in [0.3, 0.4) is 0 Å². The molecule has 2 rings (SSSR count). The first kappa shape index (κ1) is 10.8. The Morgan fingerprint density at radius 3 is 2.60 bits per heavy atom. The minimum absolute atomic E-state index is 0.0892. The van der Waals surface area contributed by atoms with Crippen molar-refractivity contribution in [2.45, 2.75) is 44.7 Å². The molecule has 0 saturated carbocycles. The fourth-order valence-electron chi connectivity index (χ4n) is 2.53. The number of Topliss-reactive ketones (excluding diaryl/α,β-unsaturated/α-hetero) is 1. The Bertz CT molecular complexity index is 369. The van der Waals surface area contributed by atoms with Crippen LogP contribution in [0.25, 0.3) is 0 Å². The number of thiophene rings is 1. The van der Waals surface area contributed by atoms with Gasteiger partial charge in [-0.25, -0.2) is 0 Å². The molecule has 0 radical (unpaired) electrons. The average molecular weight is 223 g/mol. The van der Waals surface area contributed by atoms with E-state index in [0.717, 1.165) is 0 Å². The Morgan fingerprint density at radius 2 is 2.07 bits per heavy atom. The van der Waals surface area contributed by atoms with E-state index in [9.17, 15) is 4.79 Å². The van der Waals surface area contributed by atoms with Crippen molar-refractivity contribution >= 4 is 17.1 Å². The van der Waals surface area contributed by atoms with Crippen molar-refractivity contribution in [1.82, 2.24) is 5.32 Å². The molecule has 0 aromatic carbocycles. The Kier molecular flexibility index (Phi) is 2.47. The number of carbonyl (C=O) groups is 1. The Morgan fingerprint density at radius 1 is 1.33 bits per heavy atom. The third-order valence-corrected chi connectivity index (χ3v) is 4.00. The van der Waals surface area contributed by atoms with Gasteiger partial charge in [0.25, 0.3) is 0 Å². The van der Waals surface area contributed by atoms with Gasteiger partial charge in [-0.1, -0.05) is 6.07 Å². The fourth-order valence-corrected chi connectivity index (χ4v) is 3.37. The molecule has 1 aliphatic heterocycles. The summed E-state index contributed by atoms with van der Waals surface area (Å²) in [6, 6.07) is 4.14. The highest BCUT2D eigenvalue weighted by Crippen LogP contribution is 2.36. The van der Waals surface area contributed by atoms with E-state index in [-0.39, 0.29) is 11.1 Å². The molecule has 1 fully saturated rings. The predicted octanol–water partition coefficient (Wildman–Crippen LogP) is 2.69. The molecule has 2 heterocycles. The lowest BCUT2D eigenvalue weighted by Gasteiger charge is -2.43. The van der Waals surface area contributed by atoms with Crippen LogP contribution in [-0.2, 0) is 10.3 Å². The zero-order valence-electron chi connectivity index (χ0n) is 9.46. The molecule has 15 heavy (non-hydrogen) atoms. The summed E-state index contributed by atoms with van der Waals surface area (Å²) in [6.45, 7) is 6.31. The van der Waals surface area contributed by atoms with Gasteiger partial charge < -0.3 is 5.32 Å². The van der Waals surface area contributed by atoms with Crippen molar-refractivity contribution in [1.29, 1.82) is 0 Å². The van der Waals surface area contributed by atoms with Crippen LogP contribution >= 0.6 is 11.3 Å². The highest BCUT2D eigenvalue weighted by Gasteiger charge is 2.41. The van der Waals surface area contributed by atoms with Gasteiger partial charge in [-0.3, -0.25) is 4.79 Å².